The lowest BCUT2D eigenvalue weighted by Gasteiger charge is -2.15. The number of amides is 1. The molecule has 0 bridgehead atoms. The van der Waals surface area contributed by atoms with Gasteiger partial charge in [0.15, 0.2) is 0 Å². The second kappa shape index (κ2) is 17.1. The number of nitrogens with zero attached hydrogens (tertiary/aromatic N) is 1. The van der Waals surface area contributed by atoms with Gasteiger partial charge in [0.25, 0.3) is 5.91 Å². The summed E-state index contributed by atoms with van der Waals surface area (Å²) < 4.78 is 21.9. The molecule has 2 aromatic carbocycles. The van der Waals surface area contributed by atoms with Crippen LogP contribution in [0.25, 0.3) is 11.3 Å². The molecule has 2 aliphatic carbocycles. The Kier molecular flexibility index (Phi) is 14.2. The van der Waals surface area contributed by atoms with Gasteiger partial charge < -0.3 is 20.9 Å². The van der Waals surface area contributed by atoms with Crippen LogP contribution in [0.15, 0.2) is 39.8 Å². The molecule has 3 aromatic rings. The number of halogens is 3. The molecule has 0 spiro atoms. The molecule has 0 unspecified atom stereocenters. The van der Waals surface area contributed by atoms with Crippen LogP contribution in [0.3, 0.4) is 0 Å². The van der Waals surface area contributed by atoms with Gasteiger partial charge in [-0.1, -0.05) is 55.2 Å². The summed E-state index contributed by atoms with van der Waals surface area (Å²) in [5.74, 6) is 0.549. The van der Waals surface area contributed by atoms with Crippen molar-refractivity contribution in [3.8, 4) is 11.3 Å². The van der Waals surface area contributed by atoms with Crippen LogP contribution in [0.5, 0.6) is 0 Å². The van der Waals surface area contributed by atoms with Crippen LogP contribution < -0.4 is 21.1 Å². The van der Waals surface area contributed by atoms with Crippen LogP contribution >= 0.6 is 47.8 Å². The standard InChI is InChI=1S/C18H22Cl2N2O.C11H13FN2OS2.C3H9N/c1-3-12(4-2)21-10-13-17(22-23-18(13)11-8-9-11)16-14(19)6-5-7-15(16)20;1-11(2-3-11)17-14-10(15)6-4-7(12)9(13)8(16)5-6;1-3-4-2/h5-7,11-12,21H,3-4,8-10H2,1-2H3;4-5,16H,2-3,13H2,1H3,(H,14,15);4H,3H2,1-2H3. The van der Waals surface area contributed by atoms with Crippen molar-refractivity contribution in [1.82, 2.24) is 20.5 Å². The normalized spacial score (nSPS) is 14.8. The molecule has 7 nitrogen and oxygen atoms in total. The number of nitrogens with one attached hydrogen (secondary N) is 3. The summed E-state index contributed by atoms with van der Waals surface area (Å²) in [5, 5.41) is 12.1. The molecule has 44 heavy (non-hydrogen) atoms. The molecule has 0 aliphatic heterocycles. The molecule has 1 aromatic heterocycles. The SMILES string of the molecule is CC1(SNC(=O)c2cc(F)c(N)c(S)c2)CC1.CCC(CC)NCc1c(-c2c(Cl)cccc2Cl)noc1C1CC1.CCNC. The van der Waals surface area contributed by atoms with Gasteiger partial charge in [0.1, 0.15) is 17.3 Å². The highest BCUT2D eigenvalue weighted by atomic mass is 35.5. The van der Waals surface area contributed by atoms with Gasteiger partial charge in [0, 0.05) is 44.8 Å². The van der Waals surface area contributed by atoms with E-state index in [1.165, 1.54) is 30.9 Å². The van der Waals surface area contributed by atoms with E-state index < -0.39 is 5.82 Å². The lowest BCUT2D eigenvalue weighted by atomic mass is 10.0. The van der Waals surface area contributed by atoms with Crippen molar-refractivity contribution in [3.63, 3.8) is 0 Å². The molecule has 2 fully saturated rings. The minimum atomic E-state index is -0.620. The van der Waals surface area contributed by atoms with Gasteiger partial charge in [-0.05, 0) is 95.3 Å². The van der Waals surface area contributed by atoms with Crippen LogP contribution in [0, 0.1) is 5.82 Å². The number of benzene rings is 2. The zero-order chi connectivity index (χ0) is 32.4. The monoisotopic (exact) mass is 683 g/mol. The number of thiol groups is 1. The van der Waals surface area contributed by atoms with Crippen LogP contribution in [-0.2, 0) is 6.54 Å². The highest BCUT2D eigenvalue weighted by Gasteiger charge is 2.39. The van der Waals surface area contributed by atoms with Crippen molar-refractivity contribution in [1.29, 1.82) is 0 Å². The highest BCUT2D eigenvalue weighted by Crippen LogP contribution is 2.47. The fourth-order valence-electron chi connectivity index (χ4n) is 4.14. The Morgan fingerprint density at radius 1 is 1.20 bits per heavy atom. The van der Waals surface area contributed by atoms with Crippen molar-refractivity contribution in [2.45, 2.75) is 94.4 Å². The van der Waals surface area contributed by atoms with Crippen molar-refractivity contribution < 1.29 is 13.7 Å². The Morgan fingerprint density at radius 3 is 2.32 bits per heavy atom. The molecular formula is C32H44Cl2FN5O2S2. The first-order valence-electron chi connectivity index (χ1n) is 15.1. The minimum Gasteiger partial charge on any atom is -0.395 e. The maximum Gasteiger partial charge on any atom is 0.261 e. The van der Waals surface area contributed by atoms with Gasteiger partial charge in [-0.3, -0.25) is 9.52 Å². The predicted molar refractivity (Wildman–Crippen MR) is 186 cm³/mol. The van der Waals surface area contributed by atoms with Gasteiger partial charge in [-0.15, -0.1) is 12.6 Å². The summed E-state index contributed by atoms with van der Waals surface area (Å²) in [6.07, 6.45) is 6.72. The van der Waals surface area contributed by atoms with Gasteiger partial charge >= 0.3 is 0 Å². The first-order chi connectivity index (χ1) is 21.0. The molecular weight excluding hydrogens is 640 g/mol. The van der Waals surface area contributed by atoms with Gasteiger partial charge in [0.2, 0.25) is 0 Å². The number of rotatable bonds is 11. The largest absolute Gasteiger partial charge is 0.395 e. The van der Waals surface area contributed by atoms with Gasteiger partial charge in [0.05, 0.1) is 15.7 Å². The van der Waals surface area contributed by atoms with Crippen LogP contribution in [-0.4, -0.2) is 35.4 Å². The lowest BCUT2D eigenvalue weighted by molar-refractivity contribution is 0.0983. The van der Waals surface area contributed by atoms with Gasteiger partial charge in [-0.2, -0.15) is 0 Å². The minimum absolute atomic E-state index is 0.0355. The molecule has 0 atom stereocenters. The Hall–Kier alpha value is -1.95. The zero-order valence-electron chi connectivity index (χ0n) is 26.0. The van der Waals surface area contributed by atoms with E-state index in [-0.39, 0.29) is 26.8 Å². The topological polar surface area (TPSA) is 105 Å². The molecule has 2 saturated carbocycles. The molecule has 1 heterocycles. The summed E-state index contributed by atoms with van der Waals surface area (Å²) in [7, 11) is 1.93. The number of nitrogen functional groups attached to an aromatic ring is 1. The van der Waals surface area contributed by atoms with E-state index in [1.807, 2.05) is 25.2 Å². The average Bonchev–Trinajstić information content (AvgIpc) is 3.95. The Bertz CT molecular complexity index is 1350. The summed E-state index contributed by atoms with van der Waals surface area (Å²) in [6.45, 7) is 10.3. The molecule has 242 valence electrons. The molecule has 12 heteroatoms. The third-order valence-corrected chi connectivity index (χ3v) is 9.78. The number of hydrogen-bond donors (Lipinski definition) is 5. The second-order valence-corrected chi connectivity index (χ2v) is 13.9. The molecule has 5 rings (SSSR count). The summed E-state index contributed by atoms with van der Waals surface area (Å²) >= 11 is 18.1. The number of nitrogens with two attached hydrogens (primary N) is 1. The van der Waals surface area contributed by atoms with E-state index in [0.29, 0.717) is 22.0 Å². The van der Waals surface area contributed by atoms with Crippen LogP contribution in [0.2, 0.25) is 10.0 Å². The molecule has 1 amide bonds. The van der Waals surface area contributed by atoms with E-state index in [9.17, 15) is 9.18 Å². The fraction of sp³-hybridized carbons (Fsp3) is 0.500. The maximum absolute atomic E-state index is 13.3. The summed E-state index contributed by atoms with van der Waals surface area (Å²) in [6, 6.07) is 8.61. The quantitative estimate of drug-likeness (QED) is 0.0782. The third-order valence-electron chi connectivity index (χ3n) is 7.59. The molecule has 0 radical (unpaired) electrons. The zero-order valence-corrected chi connectivity index (χ0v) is 29.3. The maximum atomic E-state index is 13.3. The smallest absolute Gasteiger partial charge is 0.261 e. The van der Waals surface area contributed by atoms with E-state index in [0.717, 1.165) is 67.4 Å². The Morgan fingerprint density at radius 2 is 1.82 bits per heavy atom. The van der Waals surface area contributed by atoms with Crippen molar-refractivity contribution in [2.75, 3.05) is 19.3 Å². The Labute approximate surface area is 280 Å². The van der Waals surface area contributed by atoms with Crippen LogP contribution in [0.4, 0.5) is 10.1 Å². The van der Waals surface area contributed by atoms with Gasteiger partial charge in [-0.25, -0.2) is 4.39 Å². The average molecular weight is 685 g/mol. The number of carbonyl (C=O) groups is 1. The second-order valence-electron chi connectivity index (χ2n) is 11.2. The Balaban J connectivity index is 0.000000222. The first-order valence-corrected chi connectivity index (χ1v) is 17.1. The van der Waals surface area contributed by atoms with E-state index in [4.69, 9.17) is 33.5 Å². The molecule has 0 saturated heterocycles. The summed E-state index contributed by atoms with van der Waals surface area (Å²) in [5.41, 5.74) is 8.27. The van der Waals surface area contributed by atoms with E-state index in [1.54, 1.807) is 0 Å². The molecule has 2 aliphatic rings. The number of aromatic nitrogens is 1. The fourth-order valence-corrected chi connectivity index (χ4v) is 5.73. The first kappa shape index (κ1) is 36.5. The number of carbonyl (C=O) groups excluding carboxylic acids is 1. The molecule has 5 N–H and O–H groups in total. The van der Waals surface area contributed by atoms with E-state index in [2.05, 4.69) is 60.8 Å². The van der Waals surface area contributed by atoms with Crippen LogP contribution in [0.1, 0.15) is 93.8 Å². The van der Waals surface area contributed by atoms with Crippen molar-refractivity contribution in [3.05, 3.63) is 63.1 Å². The lowest BCUT2D eigenvalue weighted by Crippen LogP contribution is -2.27. The number of hydrogen-bond acceptors (Lipinski definition) is 8. The van der Waals surface area contributed by atoms with Crippen molar-refractivity contribution >= 4 is 59.4 Å². The van der Waals surface area contributed by atoms with E-state index >= 15 is 0 Å². The summed E-state index contributed by atoms with van der Waals surface area (Å²) in [4.78, 5) is 12.0. The van der Waals surface area contributed by atoms with Crippen molar-refractivity contribution in [2.24, 2.45) is 0 Å². The third kappa shape index (κ3) is 10.3. The predicted octanol–water partition coefficient (Wildman–Crippen LogP) is 8.66. The highest BCUT2D eigenvalue weighted by molar-refractivity contribution is 7.99. The number of anilines is 1.